The Kier molecular flexibility index (Phi) is 6.78. The molecule has 1 aliphatic rings. The predicted octanol–water partition coefficient (Wildman–Crippen LogP) is 2.62. The molecular weight excluding hydrogens is 456 g/mol. The number of nitrogen functional groups attached to an aromatic ring is 1. The lowest BCUT2D eigenvalue weighted by atomic mass is 10.0. The molecule has 176 valence electrons. The third-order valence-corrected chi connectivity index (χ3v) is 5.88. The van der Waals surface area contributed by atoms with Gasteiger partial charge in [0.05, 0.1) is 23.0 Å². The van der Waals surface area contributed by atoms with Crippen LogP contribution in [0.5, 0.6) is 5.75 Å². The second kappa shape index (κ2) is 9.92. The highest BCUT2D eigenvalue weighted by Gasteiger charge is 2.26. The zero-order valence-electron chi connectivity index (χ0n) is 18.7. The van der Waals surface area contributed by atoms with Gasteiger partial charge in [-0.1, -0.05) is 18.2 Å². The molecule has 1 aromatic carbocycles. The van der Waals surface area contributed by atoms with E-state index in [1.807, 2.05) is 22.7 Å². The highest BCUT2D eigenvalue weighted by molar-refractivity contribution is 6.32. The van der Waals surface area contributed by atoms with Crippen LogP contribution in [0.3, 0.4) is 0 Å². The summed E-state index contributed by atoms with van der Waals surface area (Å²) in [5.74, 6) is 1.75. The summed E-state index contributed by atoms with van der Waals surface area (Å²) >= 11 is 6.46. The molecule has 0 unspecified atom stereocenters. The first-order valence-corrected chi connectivity index (χ1v) is 11.0. The minimum absolute atomic E-state index is 0.123. The molecule has 1 fully saturated rings. The summed E-state index contributed by atoms with van der Waals surface area (Å²) in [4.78, 5) is 28.4. The lowest BCUT2D eigenvalue weighted by Crippen LogP contribution is -2.48. The number of aromatic nitrogens is 4. The summed E-state index contributed by atoms with van der Waals surface area (Å²) in [7, 11) is 1.89. The number of ether oxygens (including phenoxy) is 1. The highest BCUT2D eigenvalue weighted by atomic mass is 35.5. The van der Waals surface area contributed by atoms with E-state index in [1.165, 1.54) is 12.4 Å². The molecule has 1 saturated heterocycles. The zero-order valence-corrected chi connectivity index (χ0v) is 19.5. The minimum atomic E-state index is -0.156. The molecule has 0 radical (unpaired) electrons. The van der Waals surface area contributed by atoms with E-state index < -0.39 is 0 Å². The van der Waals surface area contributed by atoms with Crippen LogP contribution in [0.2, 0.25) is 5.02 Å². The third kappa shape index (κ3) is 4.72. The van der Waals surface area contributed by atoms with Crippen LogP contribution in [-0.2, 0) is 18.4 Å². The van der Waals surface area contributed by atoms with Gasteiger partial charge in [0, 0.05) is 38.1 Å². The van der Waals surface area contributed by atoms with Crippen LogP contribution in [0.4, 0.5) is 11.6 Å². The number of halogens is 1. The number of hydrogen-bond acceptors (Lipinski definition) is 8. The lowest BCUT2D eigenvalue weighted by molar-refractivity contribution is -0.126. The van der Waals surface area contributed by atoms with Crippen molar-refractivity contribution < 1.29 is 9.53 Å². The number of benzene rings is 1. The van der Waals surface area contributed by atoms with E-state index in [1.54, 1.807) is 29.3 Å². The topological polar surface area (TPSA) is 126 Å². The summed E-state index contributed by atoms with van der Waals surface area (Å²) in [5.41, 5.74) is 7.23. The molecule has 0 atom stereocenters. The smallest absolute Gasteiger partial charge is 0.247 e. The number of imidazole rings is 1. The Morgan fingerprint density at radius 2 is 2.15 bits per heavy atom. The number of carbonyl (C=O) groups excluding carboxylic acids is 1. The molecule has 1 amide bonds. The first kappa shape index (κ1) is 23.2. The van der Waals surface area contributed by atoms with Crippen molar-refractivity contribution in [3.05, 3.63) is 71.5 Å². The van der Waals surface area contributed by atoms with Crippen molar-refractivity contribution in [3.63, 3.8) is 0 Å². The fourth-order valence-electron chi connectivity index (χ4n) is 3.75. The van der Waals surface area contributed by atoms with E-state index in [2.05, 4.69) is 21.5 Å². The normalized spacial score (nSPS) is 13.6. The molecule has 0 aliphatic carbocycles. The number of rotatable bonds is 7. The number of aryl methyl sites for hydroxylation is 1. The van der Waals surface area contributed by atoms with E-state index in [4.69, 9.17) is 27.5 Å². The molecule has 1 aliphatic heterocycles. The van der Waals surface area contributed by atoms with Gasteiger partial charge in [0.15, 0.2) is 0 Å². The van der Waals surface area contributed by atoms with Gasteiger partial charge in [0.25, 0.3) is 0 Å². The molecule has 4 rings (SSSR count). The fourth-order valence-corrected chi connectivity index (χ4v) is 3.98. The number of nitrogens with one attached hydrogen (secondary N) is 1. The summed E-state index contributed by atoms with van der Waals surface area (Å²) in [5, 5.41) is 9.21. The molecule has 3 aromatic rings. The molecule has 11 heteroatoms. The molecular formula is C23H25ClN8O2. The maximum absolute atomic E-state index is 12.1. The number of carbonyl (C=O) groups is 1. The van der Waals surface area contributed by atoms with Crippen molar-refractivity contribution in [1.82, 2.24) is 24.4 Å². The largest absolute Gasteiger partial charge is 0.484 e. The summed E-state index contributed by atoms with van der Waals surface area (Å²) in [6.45, 7) is 5.44. The molecule has 0 spiro atoms. The number of nitrogens with zero attached hydrogens (tertiary/aromatic N) is 6. The van der Waals surface area contributed by atoms with Gasteiger partial charge in [0.2, 0.25) is 5.91 Å². The van der Waals surface area contributed by atoms with Crippen molar-refractivity contribution >= 4 is 34.9 Å². The number of hydrogen-bond donors (Lipinski definition) is 2. The van der Waals surface area contributed by atoms with Gasteiger partial charge < -0.3 is 24.8 Å². The van der Waals surface area contributed by atoms with E-state index in [9.17, 15) is 4.79 Å². The SMILES string of the molecule is C=CC(=O)N1CCCN(c2ncnc(N)c2C(=N)c2ccc(OCc3nccn3C)c(Cl)c2)C1. The maximum atomic E-state index is 12.1. The van der Waals surface area contributed by atoms with Crippen LogP contribution in [-0.4, -0.2) is 55.8 Å². The zero-order chi connectivity index (χ0) is 24.2. The van der Waals surface area contributed by atoms with E-state index in [0.717, 1.165) is 12.2 Å². The fraction of sp³-hybridized carbons (Fsp3) is 0.261. The van der Waals surface area contributed by atoms with Gasteiger partial charge in [-0.15, -0.1) is 0 Å². The van der Waals surface area contributed by atoms with Gasteiger partial charge in [-0.05, 0) is 30.7 Å². The monoisotopic (exact) mass is 480 g/mol. The van der Waals surface area contributed by atoms with Gasteiger partial charge in [-0.25, -0.2) is 15.0 Å². The van der Waals surface area contributed by atoms with Gasteiger partial charge in [0.1, 0.15) is 36.1 Å². The van der Waals surface area contributed by atoms with Crippen molar-refractivity contribution in [2.45, 2.75) is 13.0 Å². The standard InChI is InChI=1S/C23H25ClN8O2/c1-3-19(33)31-8-4-9-32(14-31)23-20(22(26)28-13-29-23)21(25)15-5-6-17(16(24)11-15)34-12-18-27-7-10-30(18)2/h3,5-7,10-11,13,25H,1,4,8-9,12,14H2,2H3,(H2,26,28,29). The summed E-state index contributed by atoms with van der Waals surface area (Å²) in [6.07, 6.45) is 6.94. The Balaban J connectivity index is 1.58. The van der Waals surface area contributed by atoms with Crippen molar-refractivity contribution in [3.8, 4) is 5.75 Å². The third-order valence-electron chi connectivity index (χ3n) is 5.59. The average Bonchev–Trinajstić information content (AvgIpc) is 3.26. The van der Waals surface area contributed by atoms with Gasteiger partial charge in [-0.2, -0.15) is 0 Å². The quantitative estimate of drug-likeness (QED) is 0.393. The molecule has 34 heavy (non-hydrogen) atoms. The predicted molar refractivity (Wildman–Crippen MR) is 130 cm³/mol. The average molecular weight is 481 g/mol. The van der Waals surface area contributed by atoms with E-state index >= 15 is 0 Å². The number of amides is 1. The molecule has 3 N–H and O–H groups in total. The molecule has 0 bridgehead atoms. The Morgan fingerprint density at radius 3 is 2.85 bits per heavy atom. The van der Waals surface area contributed by atoms with Gasteiger partial charge in [-0.3, -0.25) is 10.2 Å². The molecule has 0 saturated carbocycles. The van der Waals surface area contributed by atoms with Crippen LogP contribution < -0.4 is 15.4 Å². The molecule has 2 aromatic heterocycles. The van der Waals surface area contributed by atoms with Crippen LogP contribution in [0.25, 0.3) is 0 Å². The lowest BCUT2D eigenvalue weighted by Gasteiger charge is -2.36. The second-order valence-corrected chi connectivity index (χ2v) is 8.19. The number of nitrogens with two attached hydrogens (primary N) is 1. The first-order valence-electron chi connectivity index (χ1n) is 10.6. The Bertz CT molecular complexity index is 1240. The van der Waals surface area contributed by atoms with Crippen molar-refractivity contribution in [2.75, 3.05) is 30.4 Å². The van der Waals surface area contributed by atoms with E-state index in [-0.39, 0.29) is 24.0 Å². The summed E-state index contributed by atoms with van der Waals surface area (Å²) < 4.78 is 7.66. The number of anilines is 2. The minimum Gasteiger partial charge on any atom is -0.484 e. The van der Waals surface area contributed by atoms with Crippen LogP contribution in [0, 0.1) is 5.41 Å². The van der Waals surface area contributed by atoms with Crippen molar-refractivity contribution in [1.29, 1.82) is 5.41 Å². The first-order chi connectivity index (χ1) is 16.4. The highest BCUT2D eigenvalue weighted by Crippen LogP contribution is 2.31. The van der Waals surface area contributed by atoms with Crippen molar-refractivity contribution in [2.24, 2.45) is 7.05 Å². The summed E-state index contributed by atoms with van der Waals surface area (Å²) in [6, 6.07) is 5.10. The Labute approximate surface area is 202 Å². The molecule has 3 heterocycles. The maximum Gasteiger partial charge on any atom is 0.247 e. The van der Waals surface area contributed by atoms with E-state index in [0.29, 0.717) is 47.5 Å². The molecule has 10 nitrogen and oxygen atoms in total. The Morgan fingerprint density at radius 1 is 1.32 bits per heavy atom. The van der Waals surface area contributed by atoms with Crippen LogP contribution >= 0.6 is 11.6 Å². The van der Waals surface area contributed by atoms with Crippen LogP contribution in [0.15, 0.2) is 49.6 Å². The van der Waals surface area contributed by atoms with Crippen LogP contribution in [0.1, 0.15) is 23.4 Å². The second-order valence-electron chi connectivity index (χ2n) is 7.78. The Hall–Kier alpha value is -3.92. The van der Waals surface area contributed by atoms with Gasteiger partial charge >= 0.3 is 0 Å².